The minimum atomic E-state index is 0.117. The number of rotatable bonds is 6. The van der Waals surface area contributed by atoms with E-state index in [4.69, 9.17) is 0 Å². The van der Waals surface area contributed by atoms with Gasteiger partial charge in [0.2, 0.25) is 0 Å². The van der Waals surface area contributed by atoms with Crippen molar-refractivity contribution in [2.75, 3.05) is 24.0 Å². The number of pyridine rings is 1. The molecule has 1 atom stereocenters. The van der Waals surface area contributed by atoms with Crippen molar-refractivity contribution in [1.29, 1.82) is 0 Å². The molecule has 1 aromatic heterocycles. The first-order valence-corrected chi connectivity index (χ1v) is 8.56. The Bertz CT molecular complexity index is 426. The molecule has 0 radical (unpaired) electrons. The van der Waals surface area contributed by atoms with Crippen LogP contribution in [-0.2, 0) is 6.54 Å². The second-order valence-electron chi connectivity index (χ2n) is 6.47. The predicted octanol–water partition coefficient (Wildman–Crippen LogP) is 3.47. The maximum absolute atomic E-state index is 4.46. The van der Waals surface area contributed by atoms with Crippen LogP contribution in [0.4, 0.5) is 5.69 Å². The van der Waals surface area contributed by atoms with Crippen molar-refractivity contribution in [2.45, 2.75) is 52.7 Å². The van der Waals surface area contributed by atoms with Gasteiger partial charge in [-0.2, -0.15) is 11.8 Å². The molecule has 0 spiro atoms. The largest absolute Gasteiger partial charge is 0.371 e. The third-order valence-electron chi connectivity index (χ3n) is 3.36. The highest BCUT2D eigenvalue weighted by molar-refractivity contribution is 7.98. The standard InChI is InChI=1S/C16H29N3S/c1-12-8-15(19(6)13(2)11-20-7)14(9-17-12)10-18-16(3,4)5/h8-9,13,18H,10-11H2,1-7H3. The number of hydrogen-bond donors (Lipinski definition) is 1. The number of nitrogens with zero attached hydrogens (tertiary/aromatic N) is 2. The van der Waals surface area contributed by atoms with Crippen molar-refractivity contribution in [3.05, 3.63) is 23.5 Å². The van der Waals surface area contributed by atoms with Crippen LogP contribution in [0.1, 0.15) is 39.0 Å². The highest BCUT2D eigenvalue weighted by atomic mass is 32.2. The molecule has 20 heavy (non-hydrogen) atoms. The lowest BCUT2D eigenvalue weighted by molar-refractivity contribution is 0.424. The third kappa shape index (κ3) is 5.33. The zero-order valence-electron chi connectivity index (χ0n) is 13.9. The maximum Gasteiger partial charge on any atom is 0.0445 e. The Morgan fingerprint density at radius 2 is 2.05 bits per heavy atom. The molecule has 1 unspecified atom stereocenters. The Kier molecular flexibility index (Phi) is 6.34. The highest BCUT2D eigenvalue weighted by Crippen LogP contribution is 2.23. The predicted molar refractivity (Wildman–Crippen MR) is 91.8 cm³/mol. The van der Waals surface area contributed by atoms with Crippen LogP contribution >= 0.6 is 11.8 Å². The van der Waals surface area contributed by atoms with Crippen LogP contribution in [0.15, 0.2) is 12.3 Å². The van der Waals surface area contributed by atoms with Gasteiger partial charge >= 0.3 is 0 Å². The molecule has 0 aromatic carbocycles. The summed E-state index contributed by atoms with van der Waals surface area (Å²) in [5.74, 6) is 1.13. The van der Waals surface area contributed by atoms with Gasteiger partial charge in [0, 0.05) is 54.1 Å². The molecule has 114 valence electrons. The summed E-state index contributed by atoms with van der Waals surface area (Å²) in [4.78, 5) is 6.82. The Labute approximate surface area is 128 Å². The minimum Gasteiger partial charge on any atom is -0.371 e. The first-order valence-electron chi connectivity index (χ1n) is 7.17. The van der Waals surface area contributed by atoms with Crippen LogP contribution in [0.2, 0.25) is 0 Å². The average Bonchev–Trinajstić information content (AvgIpc) is 2.35. The van der Waals surface area contributed by atoms with Gasteiger partial charge in [-0.15, -0.1) is 0 Å². The summed E-state index contributed by atoms with van der Waals surface area (Å²) in [5, 5.41) is 3.55. The van der Waals surface area contributed by atoms with E-state index in [1.807, 2.05) is 18.0 Å². The number of hydrogen-bond acceptors (Lipinski definition) is 4. The van der Waals surface area contributed by atoms with Crippen molar-refractivity contribution >= 4 is 17.4 Å². The smallest absolute Gasteiger partial charge is 0.0445 e. The van der Waals surface area contributed by atoms with E-state index in [9.17, 15) is 0 Å². The first kappa shape index (κ1) is 17.3. The molecule has 1 aromatic rings. The number of thioether (sulfide) groups is 1. The van der Waals surface area contributed by atoms with E-state index < -0.39 is 0 Å². The SMILES string of the molecule is CSCC(C)N(C)c1cc(C)ncc1CNC(C)(C)C. The van der Waals surface area contributed by atoms with Crippen molar-refractivity contribution < 1.29 is 0 Å². The highest BCUT2D eigenvalue weighted by Gasteiger charge is 2.16. The summed E-state index contributed by atoms with van der Waals surface area (Å²) in [5.41, 5.74) is 3.74. The molecule has 0 amide bonds. The summed E-state index contributed by atoms with van der Waals surface area (Å²) in [6.07, 6.45) is 4.16. The Balaban J connectivity index is 2.95. The number of aryl methyl sites for hydroxylation is 1. The van der Waals surface area contributed by atoms with Crippen molar-refractivity contribution in [3.8, 4) is 0 Å². The van der Waals surface area contributed by atoms with Crippen molar-refractivity contribution in [3.63, 3.8) is 0 Å². The van der Waals surface area contributed by atoms with Crippen molar-refractivity contribution in [2.24, 2.45) is 0 Å². The lowest BCUT2D eigenvalue weighted by Gasteiger charge is -2.30. The van der Waals surface area contributed by atoms with E-state index in [2.05, 4.69) is 69.2 Å². The molecular weight excluding hydrogens is 266 g/mol. The van der Waals surface area contributed by atoms with Gasteiger partial charge in [0.05, 0.1) is 0 Å². The molecule has 1 rings (SSSR count). The van der Waals surface area contributed by atoms with Crippen LogP contribution in [0.5, 0.6) is 0 Å². The molecule has 1 N–H and O–H groups in total. The normalized spacial score (nSPS) is 13.3. The third-order valence-corrected chi connectivity index (χ3v) is 4.17. The molecular formula is C16H29N3S. The van der Waals surface area contributed by atoms with E-state index in [-0.39, 0.29) is 5.54 Å². The summed E-state index contributed by atoms with van der Waals surface area (Å²) >= 11 is 1.89. The summed E-state index contributed by atoms with van der Waals surface area (Å²) in [7, 11) is 2.18. The van der Waals surface area contributed by atoms with Crippen LogP contribution < -0.4 is 10.2 Å². The lowest BCUT2D eigenvalue weighted by atomic mass is 10.1. The second kappa shape index (κ2) is 7.32. The molecule has 3 nitrogen and oxygen atoms in total. The van der Waals surface area contributed by atoms with Gasteiger partial charge in [0.1, 0.15) is 0 Å². The monoisotopic (exact) mass is 295 g/mol. The molecule has 0 bridgehead atoms. The zero-order valence-corrected chi connectivity index (χ0v) is 14.8. The molecule has 0 saturated heterocycles. The molecule has 0 aliphatic heterocycles. The molecule has 1 heterocycles. The van der Waals surface area contributed by atoms with Crippen LogP contribution in [0.3, 0.4) is 0 Å². The second-order valence-corrected chi connectivity index (χ2v) is 7.38. The van der Waals surface area contributed by atoms with E-state index in [1.54, 1.807) is 0 Å². The summed E-state index contributed by atoms with van der Waals surface area (Å²) in [6.45, 7) is 11.7. The van der Waals surface area contributed by atoms with Gasteiger partial charge < -0.3 is 10.2 Å². The van der Waals surface area contributed by atoms with Crippen LogP contribution in [0, 0.1) is 6.92 Å². The summed E-state index contributed by atoms with van der Waals surface area (Å²) in [6, 6.07) is 2.71. The van der Waals surface area contributed by atoms with E-state index in [0.29, 0.717) is 6.04 Å². The molecule has 0 aliphatic rings. The molecule has 4 heteroatoms. The zero-order chi connectivity index (χ0) is 15.3. The van der Waals surface area contributed by atoms with Crippen LogP contribution in [-0.4, -0.2) is 35.6 Å². The average molecular weight is 295 g/mol. The van der Waals surface area contributed by atoms with Crippen LogP contribution in [0.25, 0.3) is 0 Å². The van der Waals surface area contributed by atoms with E-state index in [1.165, 1.54) is 11.3 Å². The minimum absolute atomic E-state index is 0.117. The Morgan fingerprint density at radius 3 is 2.60 bits per heavy atom. The Hall–Kier alpha value is -0.740. The fourth-order valence-electron chi connectivity index (χ4n) is 1.99. The van der Waals surface area contributed by atoms with Crippen molar-refractivity contribution in [1.82, 2.24) is 10.3 Å². The molecule has 0 aliphatic carbocycles. The fourth-order valence-corrected chi connectivity index (χ4v) is 2.70. The maximum atomic E-state index is 4.46. The lowest BCUT2D eigenvalue weighted by Crippen LogP contribution is -2.36. The number of aromatic nitrogens is 1. The molecule has 0 saturated carbocycles. The van der Waals surface area contributed by atoms with Gasteiger partial charge in [-0.3, -0.25) is 4.98 Å². The van der Waals surface area contributed by atoms with Gasteiger partial charge in [0.15, 0.2) is 0 Å². The number of nitrogens with one attached hydrogen (secondary N) is 1. The quantitative estimate of drug-likeness (QED) is 0.870. The number of anilines is 1. The van der Waals surface area contributed by atoms with Gasteiger partial charge in [-0.05, 0) is 46.9 Å². The first-order chi connectivity index (χ1) is 9.24. The Morgan fingerprint density at radius 1 is 1.40 bits per heavy atom. The van der Waals surface area contributed by atoms with E-state index >= 15 is 0 Å². The van der Waals surface area contributed by atoms with Gasteiger partial charge in [0.25, 0.3) is 0 Å². The molecule has 0 fully saturated rings. The van der Waals surface area contributed by atoms with Gasteiger partial charge in [-0.25, -0.2) is 0 Å². The summed E-state index contributed by atoms with van der Waals surface area (Å²) < 4.78 is 0. The fraction of sp³-hybridized carbons (Fsp3) is 0.688. The van der Waals surface area contributed by atoms with E-state index in [0.717, 1.165) is 18.0 Å². The topological polar surface area (TPSA) is 28.2 Å². The van der Waals surface area contributed by atoms with Gasteiger partial charge in [-0.1, -0.05) is 0 Å².